The molecule has 3 N–H and O–H groups in total. The predicted molar refractivity (Wildman–Crippen MR) is 70.0 cm³/mol. The molecule has 0 bridgehead atoms. The Labute approximate surface area is 103 Å². The molecule has 17 heavy (non-hydrogen) atoms. The van der Waals surface area contributed by atoms with Gasteiger partial charge in [0, 0.05) is 12.6 Å². The van der Waals surface area contributed by atoms with Crippen molar-refractivity contribution in [3.8, 4) is 0 Å². The molecule has 0 spiro atoms. The summed E-state index contributed by atoms with van der Waals surface area (Å²) in [5.74, 6) is 0.0337. The monoisotopic (exact) mass is 256 g/mol. The Morgan fingerprint density at radius 2 is 1.94 bits per heavy atom. The molecule has 1 atom stereocenters. The third kappa shape index (κ3) is 6.41. The highest BCUT2D eigenvalue weighted by molar-refractivity contribution is 7.88. The van der Waals surface area contributed by atoms with Crippen LogP contribution in [0.3, 0.4) is 0 Å². The molecule has 0 aliphatic heterocycles. The van der Waals surface area contributed by atoms with Crippen LogP contribution < -0.4 is 10.5 Å². The van der Waals surface area contributed by atoms with E-state index >= 15 is 0 Å². The molecule has 0 saturated heterocycles. The van der Waals surface area contributed by atoms with Gasteiger partial charge in [0.05, 0.1) is 5.75 Å². The van der Waals surface area contributed by atoms with Crippen molar-refractivity contribution in [3.63, 3.8) is 0 Å². The van der Waals surface area contributed by atoms with Gasteiger partial charge in [-0.1, -0.05) is 30.3 Å². The van der Waals surface area contributed by atoms with Crippen LogP contribution in [0.5, 0.6) is 0 Å². The zero-order chi connectivity index (χ0) is 12.7. The summed E-state index contributed by atoms with van der Waals surface area (Å²) in [4.78, 5) is 0. The molecule has 5 heteroatoms. The topological polar surface area (TPSA) is 72.2 Å². The molecular formula is C12H20N2O2S. The van der Waals surface area contributed by atoms with Crippen molar-refractivity contribution in [2.75, 3.05) is 6.54 Å². The summed E-state index contributed by atoms with van der Waals surface area (Å²) in [7, 11) is -3.22. The van der Waals surface area contributed by atoms with Gasteiger partial charge in [-0.3, -0.25) is 0 Å². The molecule has 0 aliphatic carbocycles. The van der Waals surface area contributed by atoms with Crippen LogP contribution in [0.15, 0.2) is 30.3 Å². The standard InChI is InChI=1S/C12H20N2O2S/c1-11(13)6-5-9-14-17(15,16)10-12-7-3-2-4-8-12/h2-4,7-8,11,14H,5-6,9-10,13H2,1H3. The number of benzene rings is 1. The van der Waals surface area contributed by atoms with E-state index in [1.165, 1.54) is 0 Å². The van der Waals surface area contributed by atoms with Gasteiger partial charge in [-0.2, -0.15) is 0 Å². The maximum Gasteiger partial charge on any atom is 0.215 e. The van der Waals surface area contributed by atoms with E-state index < -0.39 is 10.0 Å². The Balaban J connectivity index is 2.37. The van der Waals surface area contributed by atoms with Crippen molar-refractivity contribution in [1.82, 2.24) is 4.72 Å². The van der Waals surface area contributed by atoms with E-state index in [-0.39, 0.29) is 11.8 Å². The molecule has 4 nitrogen and oxygen atoms in total. The molecule has 0 fully saturated rings. The maximum atomic E-state index is 11.7. The minimum Gasteiger partial charge on any atom is -0.328 e. The lowest BCUT2D eigenvalue weighted by molar-refractivity contribution is 0.567. The summed E-state index contributed by atoms with van der Waals surface area (Å²) in [5, 5.41) is 0. The van der Waals surface area contributed by atoms with E-state index in [9.17, 15) is 8.42 Å². The quantitative estimate of drug-likeness (QED) is 0.721. The van der Waals surface area contributed by atoms with Gasteiger partial charge in [-0.15, -0.1) is 0 Å². The van der Waals surface area contributed by atoms with Crippen molar-refractivity contribution in [1.29, 1.82) is 0 Å². The highest BCUT2D eigenvalue weighted by Crippen LogP contribution is 2.04. The Bertz CT molecular complexity index is 415. The van der Waals surface area contributed by atoms with E-state index in [4.69, 9.17) is 5.73 Å². The minimum atomic E-state index is -3.22. The maximum absolute atomic E-state index is 11.7. The molecule has 1 aromatic rings. The summed E-state index contributed by atoms with van der Waals surface area (Å²) in [6.07, 6.45) is 1.60. The highest BCUT2D eigenvalue weighted by atomic mass is 32.2. The lowest BCUT2D eigenvalue weighted by Gasteiger charge is -2.08. The highest BCUT2D eigenvalue weighted by Gasteiger charge is 2.10. The Morgan fingerprint density at radius 1 is 1.29 bits per heavy atom. The lowest BCUT2D eigenvalue weighted by Crippen LogP contribution is -2.27. The third-order valence-electron chi connectivity index (χ3n) is 2.36. The van der Waals surface area contributed by atoms with Crippen LogP contribution in [-0.4, -0.2) is 21.0 Å². The van der Waals surface area contributed by atoms with Crippen LogP contribution in [0.2, 0.25) is 0 Å². The fourth-order valence-corrected chi connectivity index (χ4v) is 2.69. The van der Waals surface area contributed by atoms with Gasteiger partial charge in [-0.05, 0) is 25.3 Å². The number of rotatable bonds is 7. The van der Waals surface area contributed by atoms with Crippen LogP contribution >= 0.6 is 0 Å². The molecule has 1 aromatic carbocycles. The molecule has 0 amide bonds. The third-order valence-corrected chi connectivity index (χ3v) is 3.72. The second-order valence-corrected chi connectivity index (χ2v) is 6.07. The number of hydrogen-bond donors (Lipinski definition) is 2. The van der Waals surface area contributed by atoms with Crippen LogP contribution in [0, 0.1) is 0 Å². The molecule has 0 aromatic heterocycles. The molecule has 0 saturated carbocycles. The first-order chi connectivity index (χ1) is 7.99. The number of sulfonamides is 1. The molecule has 0 aliphatic rings. The largest absolute Gasteiger partial charge is 0.328 e. The summed E-state index contributed by atoms with van der Waals surface area (Å²) < 4.78 is 26.0. The zero-order valence-corrected chi connectivity index (χ0v) is 10.9. The van der Waals surface area contributed by atoms with Crippen LogP contribution in [-0.2, 0) is 15.8 Å². The summed E-state index contributed by atoms with van der Waals surface area (Å²) >= 11 is 0. The predicted octanol–water partition coefficient (Wildman–Crippen LogP) is 1.23. The van der Waals surface area contributed by atoms with Crippen LogP contribution in [0.4, 0.5) is 0 Å². The van der Waals surface area contributed by atoms with Gasteiger partial charge in [0.25, 0.3) is 0 Å². The summed E-state index contributed by atoms with van der Waals surface area (Å²) in [6.45, 7) is 2.37. The summed E-state index contributed by atoms with van der Waals surface area (Å²) in [6, 6.07) is 9.27. The fourth-order valence-electron chi connectivity index (χ4n) is 1.50. The Morgan fingerprint density at radius 3 is 2.53 bits per heavy atom. The lowest BCUT2D eigenvalue weighted by atomic mass is 10.2. The number of nitrogens with two attached hydrogens (primary N) is 1. The van der Waals surface area contributed by atoms with E-state index in [0.717, 1.165) is 18.4 Å². The van der Waals surface area contributed by atoms with E-state index in [1.54, 1.807) is 12.1 Å². The first kappa shape index (κ1) is 14.2. The normalized spacial score (nSPS) is 13.5. The number of hydrogen-bond acceptors (Lipinski definition) is 3. The van der Waals surface area contributed by atoms with Crippen molar-refractivity contribution in [2.45, 2.75) is 31.6 Å². The summed E-state index contributed by atoms with van der Waals surface area (Å²) in [5.41, 5.74) is 6.39. The van der Waals surface area contributed by atoms with E-state index in [0.29, 0.717) is 6.54 Å². The Hall–Kier alpha value is -0.910. The Kier molecular flexibility index (Phi) is 5.61. The zero-order valence-electron chi connectivity index (χ0n) is 10.1. The van der Waals surface area contributed by atoms with Crippen molar-refractivity contribution >= 4 is 10.0 Å². The molecule has 0 radical (unpaired) electrons. The van der Waals surface area contributed by atoms with Crippen LogP contribution in [0.1, 0.15) is 25.3 Å². The van der Waals surface area contributed by atoms with Gasteiger partial charge >= 0.3 is 0 Å². The fraction of sp³-hybridized carbons (Fsp3) is 0.500. The second-order valence-electron chi connectivity index (χ2n) is 4.26. The van der Waals surface area contributed by atoms with Crippen molar-refractivity contribution < 1.29 is 8.42 Å². The van der Waals surface area contributed by atoms with Gasteiger partial charge < -0.3 is 5.73 Å². The van der Waals surface area contributed by atoms with E-state index in [1.807, 2.05) is 25.1 Å². The first-order valence-electron chi connectivity index (χ1n) is 5.76. The van der Waals surface area contributed by atoms with Gasteiger partial charge in [-0.25, -0.2) is 13.1 Å². The van der Waals surface area contributed by atoms with Gasteiger partial charge in [0.15, 0.2) is 0 Å². The minimum absolute atomic E-state index is 0.0337. The van der Waals surface area contributed by atoms with Crippen molar-refractivity contribution in [3.05, 3.63) is 35.9 Å². The van der Waals surface area contributed by atoms with Gasteiger partial charge in [0.1, 0.15) is 0 Å². The average molecular weight is 256 g/mol. The van der Waals surface area contributed by atoms with Gasteiger partial charge in [0.2, 0.25) is 10.0 Å². The molecule has 96 valence electrons. The molecular weight excluding hydrogens is 236 g/mol. The molecule has 1 unspecified atom stereocenters. The first-order valence-corrected chi connectivity index (χ1v) is 7.42. The average Bonchev–Trinajstić information content (AvgIpc) is 2.25. The SMILES string of the molecule is CC(N)CCCNS(=O)(=O)Cc1ccccc1. The smallest absolute Gasteiger partial charge is 0.215 e. The molecule has 1 rings (SSSR count). The second kappa shape index (κ2) is 6.74. The van der Waals surface area contributed by atoms with E-state index in [2.05, 4.69) is 4.72 Å². The van der Waals surface area contributed by atoms with Crippen molar-refractivity contribution in [2.24, 2.45) is 5.73 Å². The molecule has 0 heterocycles. The van der Waals surface area contributed by atoms with Crippen LogP contribution in [0.25, 0.3) is 0 Å². The number of nitrogens with one attached hydrogen (secondary N) is 1.